The Kier molecular flexibility index (Phi) is 7.54. The van der Waals surface area contributed by atoms with Gasteiger partial charge in [-0.25, -0.2) is 4.98 Å². The third kappa shape index (κ3) is 4.70. The quantitative estimate of drug-likeness (QED) is 0.606. The van der Waals surface area contributed by atoms with Crippen LogP contribution >= 0.6 is 11.6 Å². The molecular weight excluding hydrogens is 414 g/mol. The average Bonchev–Trinajstić information content (AvgIpc) is 3.35. The van der Waals surface area contributed by atoms with Crippen LogP contribution in [0.5, 0.6) is 11.5 Å². The van der Waals surface area contributed by atoms with Gasteiger partial charge in [0.05, 0.1) is 24.8 Å². The number of hydrogen-bond acceptors (Lipinski definition) is 7. The summed E-state index contributed by atoms with van der Waals surface area (Å²) in [7, 11) is 1.51. The highest BCUT2D eigenvalue weighted by Gasteiger charge is 2.38. The zero-order valence-electron chi connectivity index (χ0n) is 16.6. The Morgan fingerprint density at radius 1 is 1.37 bits per heavy atom. The van der Waals surface area contributed by atoms with Crippen molar-refractivity contribution in [3.05, 3.63) is 29.5 Å². The Labute approximate surface area is 179 Å². The number of benzene rings is 1. The van der Waals surface area contributed by atoms with Crippen LogP contribution in [0.4, 0.5) is 0 Å². The summed E-state index contributed by atoms with van der Waals surface area (Å²) < 4.78 is 13.3. The van der Waals surface area contributed by atoms with Gasteiger partial charge in [0.2, 0.25) is 0 Å². The van der Waals surface area contributed by atoms with Crippen molar-refractivity contribution in [3.63, 3.8) is 0 Å². The molecule has 2 aromatic rings. The lowest BCUT2D eigenvalue weighted by molar-refractivity contribution is -0.122. The lowest BCUT2D eigenvalue weighted by Gasteiger charge is -2.34. The molecule has 0 radical (unpaired) electrons. The number of aliphatic hydroxyl groups excluding tert-OH is 1. The number of phenolic OH excluding ortho intramolecular Hbond substituents is 1. The number of methoxy groups -OCH3 is 1. The number of hydrogen-bond donors (Lipinski definition) is 3. The number of ether oxygens (including phenoxy) is 2. The molecule has 0 amide bonds. The molecule has 1 aromatic carbocycles. The fraction of sp³-hybridized carbons (Fsp3) is 0.500. The minimum atomic E-state index is -0.250. The van der Waals surface area contributed by atoms with Crippen LogP contribution < -0.4 is 4.74 Å². The molecule has 0 bridgehead atoms. The number of carbonyl (C=O) groups is 1. The van der Waals surface area contributed by atoms with Crippen molar-refractivity contribution in [2.45, 2.75) is 31.0 Å². The van der Waals surface area contributed by atoms with E-state index in [1.165, 1.54) is 13.2 Å². The van der Waals surface area contributed by atoms with Gasteiger partial charge in [-0.3, -0.25) is 9.69 Å². The predicted octanol–water partition coefficient (Wildman–Crippen LogP) is 2.02. The molecule has 164 valence electrons. The van der Waals surface area contributed by atoms with Crippen LogP contribution in [-0.2, 0) is 9.53 Å². The lowest BCUT2D eigenvalue weighted by atomic mass is 10.1. The number of morpholine rings is 1. The van der Waals surface area contributed by atoms with Crippen molar-refractivity contribution in [1.29, 1.82) is 0 Å². The predicted molar refractivity (Wildman–Crippen MR) is 110 cm³/mol. The number of halogens is 1. The maximum atomic E-state index is 9.93. The minimum absolute atomic E-state index is 0.00873. The molecule has 4 rings (SSSR count). The van der Waals surface area contributed by atoms with Gasteiger partial charge in [0.1, 0.15) is 5.82 Å². The van der Waals surface area contributed by atoms with Crippen LogP contribution in [0.25, 0.3) is 11.4 Å². The number of aliphatic hydroxyl groups is 1. The first-order valence-electron chi connectivity index (χ1n) is 9.66. The summed E-state index contributed by atoms with van der Waals surface area (Å²) in [6.07, 6.45) is 5.49. The van der Waals surface area contributed by atoms with Gasteiger partial charge in [0.25, 0.3) is 6.47 Å². The van der Waals surface area contributed by atoms with E-state index < -0.39 is 0 Å². The highest BCUT2D eigenvalue weighted by atomic mass is 35.5. The van der Waals surface area contributed by atoms with Gasteiger partial charge in [-0.15, -0.1) is 0 Å². The standard InChI is InChI=1S/C19H24ClN3O4.CH2O2/c1-26-18-7-15(16(20)8-17(18)25)19-21-3-4-23(19)12-6-13-11-27-14(2-5-24)10-22(13)9-12;2-1-3/h3-4,7-8,12-14,24-25H,2,5-6,9-11H2,1H3;1H,(H,2,3)/t12-,13+,14+;/m1./s1. The number of aromatic hydroxyl groups is 1. The molecule has 0 saturated carbocycles. The summed E-state index contributed by atoms with van der Waals surface area (Å²) in [6, 6.07) is 3.85. The second-order valence-corrected chi connectivity index (χ2v) is 7.64. The molecule has 2 aliphatic heterocycles. The zero-order chi connectivity index (χ0) is 21.7. The molecule has 2 saturated heterocycles. The van der Waals surface area contributed by atoms with E-state index in [0.29, 0.717) is 29.8 Å². The van der Waals surface area contributed by atoms with Crippen LogP contribution in [0.15, 0.2) is 24.5 Å². The average molecular weight is 440 g/mol. The molecule has 3 atom stereocenters. The summed E-state index contributed by atoms with van der Waals surface area (Å²) in [4.78, 5) is 15.3. The van der Waals surface area contributed by atoms with Crippen molar-refractivity contribution in [3.8, 4) is 22.9 Å². The van der Waals surface area contributed by atoms with Gasteiger partial charge >= 0.3 is 0 Å². The van der Waals surface area contributed by atoms with Gasteiger partial charge in [-0.2, -0.15) is 0 Å². The number of aromatic nitrogens is 2. The van der Waals surface area contributed by atoms with Gasteiger partial charge < -0.3 is 29.4 Å². The largest absolute Gasteiger partial charge is 0.504 e. The van der Waals surface area contributed by atoms with Gasteiger partial charge in [-0.05, 0) is 18.9 Å². The van der Waals surface area contributed by atoms with E-state index in [0.717, 1.165) is 30.9 Å². The highest BCUT2D eigenvalue weighted by Crippen LogP contribution is 2.39. The first-order valence-corrected chi connectivity index (χ1v) is 10.0. The third-order valence-electron chi connectivity index (χ3n) is 5.49. The van der Waals surface area contributed by atoms with Crippen LogP contribution in [0.3, 0.4) is 0 Å². The molecule has 2 fully saturated rings. The molecular formula is C20H26ClN3O6. The van der Waals surface area contributed by atoms with Crippen LogP contribution in [0.2, 0.25) is 5.02 Å². The zero-order valence-corrected chi connectivity index (χ0v) is 17.4. The van der Waals surface area contributed by atoms with Crippen molar-refractivity contribution in [2.24, 2.45) is 0 Å². The molecule has 9 nitrogen and oxygen atoms in total. The Morgan fingerprint density at radius 3 is 2.83 bits per heavy atom. The minimum Gasteiger partial charge on any atom is -0.504 e. The van der Waals surface area contributed by atoms with Gasteiger partial charge in [0, 0.05) is 55.8 Å². The van der Waals surface area contributed by atoms with E-state index in [1.807, 2.05) is 6.20 Å². The van der Waals surface area contributed by atoms with E-state index in [9.17, 15) is 5.11 Å². The number of phenols is 1. The summed E-state index contributed by atoms with van der Waals surface area (Å²) in [6.45, 7) is 2.35. The molecule has 0 unspecified atom stereocenters. The SMILES string of the molecule is COc1cc(-c2nccn2[C@@H]2C[C@H]3CO[C@@H](CCO)CN3C2)c(Cl)cc1O.O=CO. The van der Waals surface area contributed by atoms with Crippen molar-refractivity contribution in [1.82, 2.24) is 14.5 Å². The van der Waals surface area contributed by atoms with Crippen molar-refractivity contribution < 1.29 is 29.6 Å². The number of imidazole rings is 1. The Bertz CT molecular complexity index is 861. The number of fused-ring (bicyclic) bond motifs is 1. The monoisotopic (exact) mass is 439 g/mol. The van der Waals surface area contributed by atoms with E-state index in [4.69, 9.17) is 36.1 Å². The molecule has 30 heavy (non-hydrogen) atoms. The van der Waals surface area contributed by atoms with Gasteiger partial charge in [0.15, 0.2) is 11.5 Å². The van der Waals surface area contributed by atoms with E-state index in [-0.39, 0.29) is 31.0 Å². The van der Waals surface area contributed by atoms with Gasteiger partial charge in [-0.1, -0.05) is 11.6 Å². The third-order valence-corrected chi connectivity index (χ3v) is 5.80. The second-order valence-electron chi connectivity index (χ2n) is 7.23. The van der Waals surface area contributed by atoms with Crippen LogP contribution in [0, 0.1) is 0 Å². The lowest BCUT2D eigenvalue weighted by Crippen LogP contribution is -2.46. The maximum Gasteiger partial charge on any atom is 0.290 e. The number of rotatable bonds is 5. The van der Waals surface area contributed by atoms with Crippen molar-refractivity contribution >= 4 is 18.1 Å². The maximum absolute atomic E-state index is 9.93. The Hall–Kier alpha value is -2.33. The fourth-order valence-corrected chi connectivity index (χ4v) is 4.37. The number of nitrogens with zero attached hydrogens (tertiary/aromatic N) is 3. The Morgan fingerprint density at radius 2 is 2.13 bits per heavy atom. The molecule has 0 aliphatic carbocycles. The highest BCUT2D eigenvalue weighted by molar-refractivity contribution is 6.33. The molecule has 1 aromatic heterocycles. The smallest absolute Gasteiger partial charge is 0.290 e. The first-order chi connectivity index (χ1) is 14.5. The second kappa shape index (κ2) is 10.1. The summed E-state index contributed by atoms with van der Waals surface area (Å²) in [5, 5.41) is 26.4. The molecule has 2 aliphatic rings. The van der Waals surface area contributed by atoms with E-state index in [2.05, 4.69) is 14.5 Å². The summed E-state index contributed by atoms with van der Waals surface area (Å²) in [5.74, 6) is 1.14. The number of carboxylic acid groups (broad SMARTS) is 1. The van der Waals surface area contributed by atoms with Crippen LogP contribution in [-0.4, -0.2) is 81.8 Å². The summed E-state index contributed by atoms with van der Waals surface area (Å²) >= 11 is 6.38. The van der Waals surface area contributed by atoms with E-state index in [1.54, 1.807) is 12.3 Å². The van der Waals surface area contributed by atoms with E-state index >= 15 is 0 Å². The topological polar surface area (TPSA) is 117 Å². The normalized spacial score (nSPS) is 23.4. The molecule has 0 spiro atoms. The van der Waals surface area contributed by atoms with Crippen LogP contribution in [0.1, 0.15) is 18.9 Å². The molecule has 3 N–H and O–H groups in total. The fourth-order valence-electron chi connectivity index (χ4n) is 4.13. The summed E-state index contributed by atoms with van der Waals surface area (Å²) in [5.41, 5.74) is 0.732. The molecule has 10 heteroatoms. The first kappa shape index (κ1) is 22.4. The molecule has 3 heterocycles. The Balaban J connectivity index is 0.000000806. The van der Waals surface area contributed by atoms with Crippen molar-refractivity contribution in [2.75, 3.05) is 33.4 Å².